The highest BCUT2D eigenvalue weighted by Crippen LogP contribution is 2.25. The van der Waals surface area contributed by atoms with Crippen molar-refractivity contribution in [3.63, 3.8) is 0 Å². The number of nitrogens with one attached hydrogen (secondary N) is 1. The topological polar surface area (TPSA) is 32.3 Å². The maximum atomic E-state index is 12.0. The second kappa shape index (κ2) is 4.83. The van der Waals surface area contributed by atoms with Gasteiger partial charge in [0.2, 0.25) is 0 Å². The van der Waals surface area contributed by atoms with Gasteiger partial charge in [0.25, 0.3) is 5.91 Å². The average Bonchev–Trinajstić information content (AvgIpc) is 2.98. The fraction of sp³-hybridized carbons (Fsp3) is 0.400. The maximum absolute atomic E-state index is 12.0. The Kier molecular flexibility index (Phi) is 3.04. The van der Waals surface area contributed by atoms with Gasteiger partial charge in [-0.25, -0.2) is 0 Å². The molecule has 0 bridgehead atoms. The van der Waals surface area contributed by atoms with Crippen molar-refractivity contribution >= 4 is 5.91 Å². The lowest BCUT2D eigenvalue weighted by molar-refractivity contribution is -0.124. The normalized spacial score (nSPS) is 25.4. The van der Waals surface area contributed by atoms with E-state index < -0.39 is 0 Å². The Hall–Kier alpha value is -1.79. The van der Waals surface area contributed by atoms with Crippen LogP contribution in [0.15, 0.2) is 30.3 Å². The third kappa shape index (κ3) is 2.25. The van der Waals surface area contributed by atoms with Gasteiger partial charge in [-0.05, 0) is 24.0 Å². The number of carbonyl (C=O) groups excluding carboxylic acids is 1. The van der Waals surface area contributed by atoms with Crippen LogP contribution < -0.4 is 5.32 Å². The molecular weight excluding hydrogens is 224 g/mol. The molecule has 92 valence electrons. The summed E-state index contributed by atoms with van der Waals surface area (Å²) < 4.78 is 0. The van der Waals surface area contributed by atoms with E-state index in [1.54, 1.807) is 0 Å². The van der Waals surface area contributed by atoms with Crippen LogP contribution in [0.25, 0.3) is 0 Å². The fourth-order valence-electron chi connectivity index (χ4n) is 2.75. The summed E-state index contributed by atoms with van der Waals surface area (Å²) in [4.78, 5) is 13.9. The first kappa shape index (κ1) is 11.3. The van der Waals surface area contributed by atoms with E-state index in [0.29, 0.717) is 11.8 Å². The van der Waals surface area contributed by atoms with Gasteiger partial charge in [0.1, 0.15) is 0 Å². The Morgan fingerprint density at radius 1 is 1.17 bits per heavy atom. The van der Waals surface area contributed by atoms with E-state index in [-0.39, 0.29) is 5.91 Å². The number of fused-ring (bicyclic) bond motifs is 1. The molecule has 2 aliphatic rings. The van der Waals surface area contributed by atoms with Crippen LogP contribution in [0, 0.1) is 23.7 Å². The molecular formula is C15H16N2O. The van der Waals surface area contributed by atoms with Crippen molar-refractivity contribution in [1.29, 1.82) is 0 Å². The largest absolute Gasteiger partial charge is 0.331 e. The number of nitrogens with zero attached hydrogens (tertiary/aromatic N) is 1. The lowest BCUT2D eigenvalue weighted by Gasteiger charge is -2.13. The third-order valence-corrected chi connectivity index (χ3v) is 3.76. The summed E-state index contributed by atoms with van der Waals surface area (Å²) >= 11 is 0. The second-order valence-electron chi connectivity index (χ2n) is 5.00. The molecule has 2 unspecified atom stereocenters. The zero-order chi connectivity index (χ0) is 12.4. The summed E-state index contributed by atoms with van der Waals surface area (Å²) in [6, 6.07) is 9.65. The lowest BCUT2D eigenvalue weighted by Crippen LogP contribution is -2.30. The Morgan fingerprint density at radius 3 is 2.50 bits per heavy atom. The number of amides is 1. The molecule has 3 heteroatoms. The van der Waals surface area contributed by atoms with E-state index >= 15 is 0 Å². The first-order valence-corrected chi connectivity index (χ1v) is 6.39. The molecule has 2 saturated heterocycles. The standard InChI is InChI=1S/C15H16N2O/c18-15(7-6-12-4-2-1-3-5-12)17-10-13-8-16-9-14(13)11-17/h1-5,13-14,16H,8-11H2. The second-order valence-corrected chi connectivity index (χ2v) is 5.00. The summed E-state index contributed by atoms with van der Waals surface area (Å²) in [6.45, 7) is 3.81. The van der Waals surface area contributed by atoms with Gasteiger partial charge in [-0.3, -0.25) is 4.79 Å². The molecule has 1 amide bonds. The van der Waals surface area contributed by atoms with Crippen molar-refractivity contribution < 1.29 is 4.79 Å². The fourth-order valence-corrected chi connectivity index (χ4v) is 2.75. The zero-order valence-electron chi connectivity index (χ0n) is 10.2. The van der Waals surface area contributed by atoms with Crippen LogP contribution in [0.1, 0.15) is 5.56 Å². The average molecular weight is 240 g/mol. The molecule has 1 N–H and O–H groups in total. The van der Waals surface area contributed by atoms with E-state index in [4.69, 9.17) is 0 Å². The van der Waals surface area contributed by atoms with Crippen LogP contribution >= 0.6 is 0 Å². The Bertz CT molecular complexity index is 488. The predicted molar refractivity (Wildman–Crippen MR) is 69.7 cm³/mol. The van der Waals surface area contributed by atoms with E-state index in [0.717, 1.165) is 31.7 Å². The third-order valence-electron chi connectivity index (χ3n) is 3.76. The van der Waals surface area contributed by atoms with Crippen LogP contribution in [0.5, 0.6) is 0 Å². The van der Waals surface area contributed by atoms with Crippen molar-refractivity contribution in [2.24, 2.45) is 11.8 Å². The van der Waals surface area contributed by atoms with Gasteiger partial charge in [0.15, 0.2) is 0 Å². The van der Waals surface area contributed by atoms with Gasteiger partial charge in [0.05, 0.1) is 0 Å². The molecule has 1 aromatic carbocycles. The monoisotopic (exact) mass is 240 g/mol. The molecule has 0 aromatic heterocycles. The minimum atomic E-state index is -0.0340. The zero-order valence-corrected chi connectivity index (χ0v) is 10.2. The van der Waals surface area contributed by atoms with Crippen LogP contribution in [-0.2, 0) is 4.79 Å². The van der Waals surface area contributed by atoms with E-state index in [1.807, 2.05) is 35.2 Å². The van der Waals surface area contributed by atoms with Crippen molar-refractivity contribution in [2.45, 2.75) is 0 Å². The van der Waals surface area contributed by atoms with Crippen LogP contribution in [0.3, 0.4) is 0 Å². The predicted octanol–water partition coefficient (Wildman–Crippen LogP) is 0.716. The van der Waals surface area contributed by atoms with Crippen molar-refractivity contribution in [3.8, 4) is 11.8 Å². The first-order valence-electron chi connectivity index (χ1n) is 6.39. The molecule has 1 aromatic rings. The quantitative estimate of drug-likeness (QED) is 0.678. The minimum Gasteiger partial charge on any atom is -0.331 e. The van der Waals surface area contributed by atoms with Gasteiger partial charge in [0, 0.05) is 37.7 Å². The van der Waals surface area contributed by atoms with Gasteiger partial charge >= 0.3 is 0 Å². The van der Waals surface area contributed by atoms with E-state index in [2.05, 4.69) is 17.2 Å². The van der Waals surface area contributed by atoms with Gasteiger partial charge < -0.3 is 10.2 Å². The molecule has 2 atom stereocenters. The van der Waals surface area contributed by atoms with Gasteiger partial charge in [-0.1, -0.05) is 24.1 Å². The van der Waals surface area contributed by atoms with Crippen LogP contribution in [-0.4, -0.2) is 37.0 Å². The molecule has 2 aliphatic heterocycles. The maximum Gasteiger partial charge on any atom is 0.298 e. The van der Waals surface area contributed by atoms with Gasteiger partial charge in [-0.15, -0.1) is 0 Å². The smallest absolute Gasteiger partial charge is 0.298 e. The summed E-state index contributed by atoms with van der Waals surface area (Å²) in [5.74, 6) is 6.91. The molecule has 0 aliphatic carbocycles. The highest BCUT2D eigenvalue weighted by Gasteiger charge is 2.37. The van der Waals surface area contributed by atoms with Crippen LogP contribution in [0.2, 0.25) is 0 Å². The molecule has 18 heavy (non-hydrogen) atoms. The van der Waals surface area contributed by atoms with Crippen molar-refractivity contribution in [2.75, 3.05) is 26.2 Å². The number of hydrogen-bond donors (Lipinski definition) is 1. The minimum absolute atomic E-state index is 0.0340. The molecule has 2 heterocycles. The number of benzene rings is 1. The summed E-state index contributed by atoms with van der Waals surface area (Å²) in [5.41, 5.74) is 0.895. The number of likely N-dealkylation sites (tertiary alicyclic amines) is 1. The van der Waals surface area contributed by atoms with Crippen molar-refractivity contribution in [3.05, 3.63) is 35.9 Å². The van der Waals surface area contributed by atoms with Crippen LogP contribution in [0.4, 0.5) is 0 Å². The van der Waals surface area contributed by atoms with Crippen molar-refractivity contribution in [1.82, 2.24) is 10.2 Å². The summed E-state index contributed by atoms with van der Waals surface area (Å²) in [5, 5.41) is 3.37. The Balaban J connectivity index is 1.65. The molecule has 3 nitrogen and oxygen atoms in total. The molecule has 0 spiro atoms. The number of rotatable bonds is 0. The Labute approximate surface area is 107 Å². The molecule has 0 saturated carbocycles. The van der Waals surface area contributed by atoms with Gasteiger partial charge in [-0.2, -0.15) is 0 Å². The lowest BCUT2D eigenvalue weighted by atomic mass is 10.0. The summed E-state index contributed by atoms with van der Waals surface area (Å²) in [7, 11) is 0. The summed E-state index contributed by atoms with van der Waals surface area (Å²) in [6.07, 6.45) is 0. The van der Waals surface area contributed by atoms with E-state index in [1.165, 1.54) is 0 Å². The van der Waals surface area contributed by atoms with E-state index in [9.17, 15) is 4.79 Å². The number of hydrogen-bond acceptors (Lipinski definition) is 2. The first-order chi connectivity index (χ1) is 8.83. The highest BCUT2D eigenvalue weighted by atomic mass is 16.2. The highest BCUT2D eigenvalue weighted by molar-refractivity contribution is 5.94. The molecule has 2 fully saturated rings. The molecule has 0 radical (unpaired) electrons. The SMILES string of the molecule is O=C(C#Cc1ccccc1)N1CC2CNCC2C1. The Morgan fingerprint density at radius 2 is 1.83 bits per heavy atom. The number of carbonyl (C=O) groups is 1. The molecule has 3 rings (SSSR count).